The highest BCUT2D eigenvalue weighted by Crippen LogP contribution is 2.33. The Kier molecular flexibility index (Phi) is 4.75. The molecule has 0 aliphatic heterocycles. The molecule has 3 N–H and O–H groups in total. The summed E-state index contributed by atoms with van der Waals surface area (Å²) in [6.45, 7) is 2.16. The summed E-state index contributed by atoms with van der Waals surface area (Å²) in [4.78, 5) is 11.5. The van der Waals surface area contributed by atoms with Gasteiger partial charge in [0.05, 0.1) is 6.04 Å². The average molecular weight is 216 g/mol. The zero-order valence-electron chi connectivity index (χ0n) is 8.95. The van der Waals surface area contributed by atoms with Crippen LogP contribution in [0.3, 0.4) is 0 Å². The van der Waals surface area contributed by atoms with Gasteiger partial charge in [-0.25, -0.2) is 0 Å². The van der Waals surface area contributed by atoms with Crippen LogP contribution in [-0.4, -0.2) is 30.0 Å². The molecule has 1 fully saturated rings. The lowest BCUT2D eigenvalue weighted by Gasteiger charge is -2.11. The number of carbonyl (C=O) groups is 1. The minimum absolute atomic E-state index is 0.0278. The van der Waals surface area contributed by atoms with Crippen molar-refractivity contribution in [1.82, 2.24) is 5.32 Å². The van der Waals surface area contributed by atoms with Crippen LogP contribution >= 0.6 is 11.8 Å². The van der Waals surface area contributed by atoms with E-state index in [2.05, 4.69) is 12.2 Å². The first-order valence-electron chi connectivity index (χ1n) is 5.24. The van der Waals surface area contributed by atoms with E-state index in [1.165, 1.54) is 0 Å². The lowest BCUT2D eigenvalue weighted by atomic mass is 10.2. The van der Waals surface area contributed by atoms with Crippen molar-refractivity contribution in [3.63, 3.8) is 0 Å². The summed E-state index contributed by atoms with van der Waals surface area (Å²) in [6.07, 6.45) is 5.09. The summed E-state index contributed by atoms with van der Waals surface area (Å²) >= 11 is 1.73. The van der Waals surface area contributed by atoms with E-state index < -0.39 is 0 Å². The average Bonchev–Trinajstić information content (AvgIpc) is 2.92. The Morgan fingerprint density at radius 2 is 2.43 bits per heavy atom. The first kappa shape index (κ1) is 11.9. The van der Waals surface area contributed by atoms with Crippen LogP contribution in [0.2, 0.25) is 0 Å². The summed E-state index contributed by atoms with van der Waals surface area (Å²) in [6, 6.07) is 0.0911. The van der Waals surface area contributed by atoms with Gasteiger partial charge in [-0.05, 0) is 30.8 Å². The van der Waals surface area contributed by atoms with Crippen LogP contribution in [-0.2, 0) is 4.79 Å². The molecule has 0 saturated heterocycles. The predicted octanol–water partition coefficient (Wildman–Crippen LogP) is 0.982. The summed E-state index contributed by atoms with van der Waals surface area (Å²) in [5.41, 5.74) is 5.74. The van der Waals surface area contributed by atoms with Crippen molar-refractivity contribution in [2.75, 3.05) is 12.0 Å². The molecular weight excluding hydrogens is 196 g/mol. The van der Waals surface area contributed by atoms with Crippen LogP contribution in [0.25, 0.3) is 0 Å². The molecule has 1 aliphatic carbocycles. The highest BCUT2D eigenvalue weighted by molar-refractivity contribution is 7.98. The van der Waals surface area contributed by atoms with Crippen molar-refractivity contribution in [2.45, 2.75) is 38.3 Å². The van der Waals surface area contributed by atoms with E-state index in [-0.39, 0.29) is 11.9 Å². The Morgan fingerprint density at radius 3 is 2.93 bits per heavy atom. The topological polar surface area (TPSA) is 55.1 Å². The molecule has 4 heteroatoms. The quantitative estimate of drug-likeness (QED) is 0.696. The first-order chi connectivity index (χ1) is 6.69. The number of rotatable bonds is 6. The Bertz CT molecular complexity index is 199. The Hall–Kier alpha value is -0.220. The van der Waals surface area contributed by atoms with Crippen LogP contribution in [0.15, 0.2) is 0 Å². The van der Waals surface area contributed by atoms with Crippen LogP contribution in [0.1, 0.15) is 26.2 Å². The van der Waals surface area contributed by atoms with Gasteiger partial charge in [0.2, 0.25) is 5.91 Å². The molecule has 2 unspecified atom stereocenters. The van der Waals surface area contributed by atoms with E-state index in [4.69, 9.17) is 5.73 Å². The van der Waals surface area contributed by atoms with Gasteiger partial charge in [0.15, 0.2) is 0 Å². The zero-order valence-corrected chi connectivity index (χ0v) is 9.77. The number of carbonyl (C=O) groups excluding carboxylic acids is 1. The van der Waals surface area contributed by atoms with Gasteiger partial charge < -0.3 is 11.1 Å². The molecule has 0 spiro atoms. The maximum Gasteiger partial charge on any atom is 0.237 e. The normalized spacial score (nSPS) is 27.1. The summed E-state index contributed by atoms with van der Waals surface area (Å²) in [5.74, 6) is 1.68. The van der Waals surface area contributed by atoms with E-state index in [1.54, 1.807) is 11.8 Å². The van der Waals surface area contributed by atoms with E-state index in [9.17, 15) is 4.79 Å². The van der Waals surface area contributed by atoms with Gasteiger partial charge in [0.1, 0.15) is 0 Å². The number of nitrogens with two attached hydrogens (primary N) is 1. The number of thioether (sulfide) groups is 1. The van der Waals surface area contributed by atoms with Gasteiger partial charge >= 0.3 is 0 Å². The second kappa shape index (κ2) is 5.61. The van der Waals surface area contributed by atoms with Crippen LogP contribution in [0, 0.1) is 5.92 Å². The zero-order chi connectivity index (χ0) is 10.6. The van der Waals surface area contributed by atoms with Crippen LogP contribution < -0.4 is 11.1 Å². The molecule has 3 atom stereocenters. The maximum atomic E-state index is 11.5. The molecule has 1 saturated carbocycles. The highest BCUT2D eigenvalue weighted by Gasteiger charge is 2.37. The molecule has 0 heterocycles. The van der Waals surface area contributed by atoms with Gasteiger partial charge in [-0.3, -0.25) is 4.79 Å². The van der Waals surface area contributed by atoms with Crippen molar-refractivity contribution < 1.29 is 4.79 Å². The monoisotopic (exact) mass is 216 g/mol. The summed E-state index contributed by atoms with van der Waals surface area (Å²) < 4.78 is 0. The van der Waals surface area contributed by atoms with Crippen LogP contribution in [0.5, 0.6) is 0 Å². The molecular formula is C10H20N2OS. The number of nitrogens with one attached hydrogen (secondary N) is 1. The third kappa shape index (κ3) is 3.50. The second-order valence-electron chi connectivity index (χ2n) is 3.91. The van der Waals surface area contributed by atoms with Crippen LogP contribution in [0.4, 0.5) is 0 Å². The molecule has 0 radical (unpaired) electrons. The number of hydrogen-bond acceptors (Lipinski definition) is 3. The van der Waals surface area contributed by atoms with Crippen molar-refractivity contribution in [3.8, 4) is 0 Å². The minimum Gasteiger partial charge on any atom is -0.352 e. The summed E-state index contributed by atoms with van der Waals surface area (Å²) in [7, 11) is 0. The molecule has 3 nitrogen and oxygen atoms in total. The standard InChI is InChI=1S/C10H20N2OS/c1-3-7-6-9(7)12-10(13)8(11)4-5-14-2/h7-9H,3-6,11H2,1-2H3,(H,12,13)/t7?,8-,9?/m0/s1. The third-order valence-electron chi connectivity index (χ3n) is 2.74. The van der Waals surface area contributed by atoms with Crippen molar-refractivity contribution in [3.05, 3.63) is 0 Å². The van der Waals surface area contributed by atoms with Gasteiger partial charge in [-0.2, -0.15) is 11.8 Å². The van der Waals surface area contributed by atoms with Crippen molar-refractivity contribution >= 4 is 17.7 Å². The van der Waals surface area contributed by atoms with Crippen molar-refractivity contribution in [1.29, 1.82) is 0 Å². The van der Waals surface area contributed by atoms with E-state index in [1.807, 2.05) is 6.26 Å². The summed E-state index contributed by atoms with van der Waals surface area (Å²) in [5, 5.41) is 2.99. The SMILES string of the molecule is CCC1CC1NC(=O)[C@@H](N)CCSC. The predicted molar refractivity (Wildman–Crippen MR) is 61.3 cm³/mol. The van der Waals surface area contributed by atoms with E-state index in [0.717, 1.165) is 25.0 Å². The molecule has 14 heavy (non-hydrogen) atoms. The Morgan fingerprint density at radius 1 is 1.71 bits per heavy atom. The van der Waals surface area contributed by atoms with Gasteiger partial charge in [-0.1, -0.05) is 13.3 Å². The third-order valence-corrected chi connectivity index (χ3v) is 3.39. The maximum absolute atomic E-state index is 11.5. The van der Waals surface area contributed by atoms with Gasteiger partial charge in [0, 0.05) is 6.04 Å². The molecule has 1 rings (SSSR count). The Labute approximate surface area is 90.2 Å². The second-order valence-corrected chi connectivity index (χ2v) is 4.89. The minimum atomic E-state index is -0.319. The fourth-order valence-corrected chi connectivity index (χ4v) is 2.03. The highest BCUT2D eigenvalue weighted by atomic mass is 32.2. The largest absolute Gasteiger partial charge is 0.352 e. The number of hydrogen-bond donors (Lipinski definition) is 2. The molecule has 82 valence electrons. The van der Waals surface area contributed by atoms with Gasteiger partial charge in [-0.15, -0.1) is 0 Å². The molecule has 1 amide bonds. The molecule has 0 aromatic heterocycles. The lowest BCUT2D eigenvalue weighted by molar-refractivity contribution is -0.122. The molecule has 0 bridgehead atoms. The molecule has 1 aliphatic rings. The molecule has 0 aromatic carbocycles. The molecule has 0 aromatic rings. The van der Waals surface area contributed by atoms with Crippen molar-refractivity contribution in [2.24, 2.45) is 11.7 Å². The van der Waals surface area contributed by atoms with Gasteiger partial charge in [0.25, 0.3) is 0 Å². The fraction of sp³-hybridized carbons (Fsp3) is 0.900. The van der Waals surface area contributed by atoms with E-state index in [0.29, 0.717) is 12.0 Å². The smallest absolute Gasteiger partial charge is 0.237 e. The lowest BCUT2D eigenvalue weighted by Crippen LogP contribution is -2.42. The van der Waals surface area contributed by atoms with E-state index >= 15 is 0 Å². The Balaban J connectivity index is 2.15. The number of amides is 1. The first-order valence-corrected chi connectivity index (χ1v) is 6.63. The fourth-order valence-electron chi connectivity index (χ4n) is 1.54.